The Hall–Kier alpha value is -2.51. The topological polar surface area (TPSA) is 92.7 Å². The summed E-state index contributed by atoms with van der Waals surface area (Å²) in [5.41, 5.74) is -0.447. The Morgan fingerprint density at radius 3 is 2.36 bits per heavy atom. The average Bonchev–Trinajstić information content (AvgIpc) is 2.46. The van der Waals surface area contributed by atoms with Crippen molar-refractivity contribution in [2.24, 2.45) is 0 Å². The predicted octanol–water partition coefficient (Wildman–Crippen LogP) is 1.03. The minimum Gasteiger partial charge on any atom is -0.480 e. The third-order valence-corrected chi connectivity index (χ3v) is 2.90. The minimum atomic E-state index is -1.36. The molecule has 22 heavy (non-hydrogen) atoms. The predicted molar refractivity (Wildman–Crippen MR) is 70.9 cm³/mol. The van der Waals surface area contributed by atoms with Crippen LogP contribution in [0.25, 0.3) is 0 Å². The molecule has 0 saturated heterocycles. The van der Waals surface area contributed by atoms with Crippen molar-refractivity contribution in [3.05, 3.63) is 35.4 Å². The van der Waals surface area contributed by atoms with Crippen LogP contribution in [0.2, 0.25) is 0 Å². The van der Waals surface area contributed by atoms with Crippen LogP contribution >= 0.6 is 0 Å². The Morgan fingerprint density at radius 2 is 1.86 bits per heavy atom. The number of rotatable bonds is 7. The fourth-order valence-corrected chi connectivity index (χ4v) is 1.73. The first-order valence-corrected chi connectivity index (χ1v) is 6.37. The summed E-state index contributed by atoms with van der Waals surface area (Å²) in [6, 6.07) is 1.80. The number of hydrogen-bond acceptors (Lipinski definition) is 4. The lowest BCUT2D eigenvalue weighted by atomic mass is 10.1. The lowest BCUT2D eigenvalue weighted by molar-refractivity contribution is -0.144. The monoisotopic (exact) mass is 315 g/mol. The Morgan fingerprint density at radius 1 is 1.27 bits per heavy atom. The molecular formula is C14H15F2NO5. The zero-order valence-corrected chi connectivity index (χ0v) is 11.8. The van der Waals surface area contributed by atoms with Gasteiger partial charge in [0.25, 0.3) is 0 Å². The molecule has 0 spiro atoms. The Kier molecular flexibility index (Phi) is 6.43. The number of ether oxygens (including phenoxy) is 1. The molecule has 0 unspecified atom stereocenters. The highest BCUT2D eigenvalue weighted by molar-refractivity contribution is 5.85. The molecule has 1 rings (SSSR count). The van der Waals surface area contributed by atoms with Gasteiger partial charge in [0.1, 0.15) is 17.7 Å². The number of nitrogens with one attached hydrogen (secondary N) is 1. The average molecular weight is 315 g/mol. The molecule has 1 amide bonds. The lowest BCUT2D eigenvalue weighted by Crippen LogP contribution is -2.42. The quantitative estimate of drug-likeness (QED) is 0.733. The zero-order chi connectivity index (χ0) is 16.7. The summed E-state index contributed by atoms with van der Waals surface area (Å²) >= 11 is 0. The largest absolute Gasteiger partial charge is 0.480 e. The highest BCUT2D eigenvalue weighted by Crippen LogP contribution is 2.13. The molecule has 1 atom stereocenters. The first-order chi connectivity index (χ1) is 10.3. The van der Waals surface area contributed by atoms with Gasteiger partial charge in [0.05, 0.1) is 13.5 Å². The van der Waals surface area contributed by atoms with Gasteiger partial charge in [-0.1, -0.05) is 6.07 Å². The molecule has 0 bridgehead atoms. The van der Waals surface area contributed by atoms with Gasteiger partial charge in [0.2, 0.25) is 5.91 Å². The van der Waals surface area contributed by atoms with Gasteiger partial charge in [-0.2, -0.15) is 0 Å². The number of aliphatic carboxylic acids is 1. The van der Waals surface area contributed by atoms with Crippen molar-refractivity contribution in [2.45, 2.75) is 25.3 Å². The molecule has 0 heterocycles. The van der Waals surface area contributed by atoms with Crippen molar-refractivity contribution in [1.82, 2.24) is 5.32 Å². The number of hydrogen-bond donors (Lipinski definition) is 2. The molecule has 8 heteroatoms. The van der Waals surface area contributed by atoms with Crippen LogP contribution < -0.4 is 5.32 Å². The summed E-state index contributed by atoms with van der Waals surface area (Å²) in [5, 5.41) is 11.1. The fourth-order valence-electron chi connectivity index (χ4n) is 1.73. The number of halogens is 2. The van der Waals surface area contributed by atoms with Crippen LogP contribution in [0.3, 0.4) is 0 Å². The third kappa shape index (κ3) is 5.12. The van der Waals surface area contributed by atoms with Crippen LogP contribution in [-0.4, -0.2) is 36.1 Å². The number of carbonyl (C=O) groups is 3. The van der Waals surface area contributed by atoms with Crippen LogP contribution in [-0.2, 0) is 25.5 Å². The fraction of sp³-hybridized carbons (Fsp3) is 0.357. The van der Waals surface area contributed by atoms with E-state index in [1.165, 1.54) is 0 Å². The van der Waals surface area contributed by atoms with Crippen molar-refractivity contribution in [3.8, 4) is 0 Å². The van der Waals surface area contributed by atoms with E-state index >= 15 is 0 Å². The smallest absolute Gasteiger partial charge is 0.326 e. The van der Waals surface area contributed by atoms with Gasteiger partial charge < -0.3 is 15.2 Å². The Bertz CT molecular complexity index is 556. The summed E-state index contributed by atoms with van der Waals surface area (Å²) < 4.78 is 31.2. The van der Waals surface area contributed by atoms with Crippen molar-refractivity contribution < 1.29 is 33.0 Å². The van der Waals surface area contributed by atoms with Crippen molar-refractivity contribution in [2.75, 3.05) is 7.11 Å². The molecule has 120 valence electrons. The number of methoxy groups -OCH3 is 1. The van der Waals surface area contributed by atoms with Gasteiger partial charge in [-0.05, 0) is 18.6 Å². The molecule has 6 nitrogen and oxygen atoms in total. The first kappa shape index (κ1) is 17.5. The van der Waals surface area contributed by atoms with Gasteiger partial charge in [-0.3, -0.25) is 9.59 Å². The molecule has 0 saturated carbocycles. The zero-order valence-electron chi connectivity index (χ0n) is 11.8. The number of carbonyl (C=O) groups excluding carboxylic acids is 2. The second kappa shape index (κ2) is 8.06. The maximum absolute atomic E-state index is 13.4. The number of carboxylic acid groups (broad SMARTS) is 1. The maximum atomic E-state index is 13.4. The second-order valence-electron chi connectivity index (χ2n) is 4.45. The lowest BCUT2D eigenvalue weighted by Gasteiger charge is -2.14. The van der Waals surface area contributed by atoms with E-state index in [2.05, 4.69) is 10.1 Å². The summed E-state index contributed by atoms with van der Waals surface area (Å²) in [5.74, 6) is -4.62. The molecule has 0 aromatic heterocycles. The van der Waals surface area contributed by atoms with Gasteiger partial charge in [-0.25, -0.2) is 13.6 Å². The molecule has 0 radical (unpaired) electrons. The number of esters is 1. The van der Waals surface area contributed by atoms with Crippen molar-refractivity contribution in [3.63, 3.8) is 0 Å². The van der Waals surface area contributed by atoms with Gasteiger partial charge in [0, 0.05) is 12.0 Å². The first-order valence-electron chi connectivity index (χ1n) is 6.37. The minimum absolute atomic E-state index is 0.187. The normalized spacial score (nSPS) is 11.6. The van der Waals surface area contributed by atoms with Crippen LogP contribution in [0.1, 0.15) is 18.4 Å². The van der Waals surface area contributed by atoms with E-state index in [-0.39, 0.29) is 12.8 Å². The summed E-state index contributed by atoms with van der Waals surface area (Å²) in [4.78, 5) is 33.7. The molecule has 0 aliphatic heterocycles. The highest BCUT2D eigenvalue weighted by Gasteiger charge is 2.22. The third-order valence-electron chi connectivity index (χ3n) is 2.90. The van der Waals surface area contributed by atoms with Crippen LogP contribution in [0.15, 0.2) is 18.2 Å². The van der Waals surface area contributed by atoms with Crippen LogP contribution in [0.5, 0.6) is 0 Å². The Balaban J connectivity index is 2.68. The summed E-state index contributed by atoms with van der Waals surface area (Å²) in [6.45, 7) is 0. The van der Waals surface area contributed by atoms with E-state index in [0.717, 1.165) is 25.3 Å². The van der Waals surface area contributed by atoms with Crippen molar-refractivity contribution >= 4 is 17.8 Å². The standard InChI is InChI=1S/C14H15F2NO5/c1-22-13(19)6-5-11(14(20)21)17-12(18)7-8-9(15)3-2-4-10(8)16/h2-4,11H,5-7H2,1H3,(H,17,18)(H,20,21)/t11-/m1/s1. The number of benzene rings is 1. The SMILES string of the molecule is COC(=O)CC[C@@H](NC(=O)Cc1c(F)cccc1F)C(=O)O. The van der Waals surface area contributed by atoms with Crippen LogP contribution in [0, 0.1) is 11.6 Å². The summed E-state index contributed by atoms with van der Waals surface area (Å²) in [6.07, 6.45) is -1.03. The molecule has 2 N–H and O–H groups in total. The van der Waals surface area contributed by atoms with E-state index in [0.29, 0.717) is 0 Å². The Labute approximate surface area is 125 Å². The number of carboxylic acids is 1. The van der Waals surface area contributed by atoms with Crippen LogP contribution in [0.4, 0.5) is 8.78 Å². The molecule has 1 aromatic carbocycles. The molecule has 0 aliphatic rings. The second-order valence-corrected chi connectivity index (χ2v) is 4.45. The maximum Gasteiger partial charge on any atom is 0.326 e. The van der Waals surface area contributed by atoms with E-state index in [1.807, 2.05) is 0 Å². The number of amides is 1. The highest BCUT2D eigenvalue weighted by atomic mass is 19.1. The molecular weight excluding hydrogens is 300 g/mol. The van der Waals surface area contributed by atoms with E-state index in [1.54, 1.807) is 0 Å². The van der Waals surface area contributed by atoms with Gasteiger partial charge in [0.15, 0.2) is 0 Å². The van der Waals surface area contributed by atoms with Gasteiger partial charge in [-0.15, -0.1) is 0 Å². The van der Waals surface area contributed by atoms with Crippen molar-refractivity contribution in [1.29, 1.82) is 0 Å². The van der Waals surface area contributed by atoms with Gasteiger partial charge >= 0.3 is 11.9 Å². The van der Waals surface area contributed by atoms with E-state index < -0.39 is 47.5 Å². The molecule has 0 fully saturated rings. The van der Waals surface area contributed by atoms with E-state index in [4.69, 9.17) is 5.11 Å². The summed E-state index contributed by atoms with van der Waals surface area (Å²) in [7, 11) is 1.15. The molecule has 1 aromatic rings. The van der Waals surface area contributed by atoms with E-state index in [9.17, 15) is 23.2 Å². The molecule has 0 aliphatic carbocycles.